The van der Waals surface area contributed by atoms with Crippen LogP contribution in [0.1, 0.15) is 22.3 Å². The lowest BCUT2D eigenvalue weighted by Gasteiger charge is -2.12. The van der Waals surface area contributed by atoms with Crippen molar-refractivity contribution in [2.45, 2.75) is 12.8 Å². The standard InChI is InChI=1S/C26H22O3S/c27-26(28)10-9-23-8-6-20(15-21-12-14-30-18-21)17-25(23)29-13-11-19-5-7-22-3-1-2-4-24(22)16-19/h1-10,12,14,16-18H,11,13,15H2,(H,27,28). The minimum atomic E-state index is -0.973. The molecule has 0 spiro atoms. The van der Waals surface area contributed by atoms with Crippen LogP contribution in [0.5, 0.6) is 5.75 Å². The Bertz CT molecular complexity index is 1180. The van der Waals surface area contributed by atoms with E-state index in [1.54, 1.807) is 17.4 Å². The summed E-state index contributed by atoms with van der Waals surface area (Å²) in [6.45, 7) is 0.522. The van der Waals surface area contributed by atoms with Crippen LogP contribution in [0.4, 0.5) is 0 Å². The van der Waals surface area contributed by atoms with E-state index in [-0.39, 0.29) is 0 Å². The lowest BCUT2D eigenvalue weighted by Crippen LogP contribution is -2.03. The normalized spacial score (nSPS) is 11.2. The molecule has 0 aliphatic rings. The van der Waals surface area contributed by atoms with Crippen molar-refractivity contribution in [2.75, 3.05) is 6.61 Å². The van der Waals surface area contributed by atoms with Gasteiger partial charge >= 0.3 is 5.97 Å². The number of carboxylic acid groups (broad SMARTS) is 1. The van der Waals surface area contributed by atoms with Gasteiger partial charge in [-0.05, 0) is 62.9 Å². The van der Waals surface area contributed by atoms with Crippen molar-refractivity contribution in [3.63, 3.8) is 0 Å². The molecule has 0 unspecified atom stereocenters. The van der Waals surface area contributed by atoms with Crippen LogP contribution in [-0.4, -0.2) is 17.7 Å². The first-order valence-electron chi connectivity index (χ1n) is 9.83. The molecular formula is C26H22O3S. The Morgan fingerprint density at radius 2 is 1.77 bits per heavy atom. The van der Waals surface area contributed by atoms with Crippen molar-refractivity contribution in [3.05, 3.63) is 106 Å². The highest BCUT2D eigenvalue weighted by Crippen LogP contribution is 2.25. The quantitative estimate of drug-likeness (QED) is 0.349. The summed E-state index contributed by atoms with van der Waals surface area (Å²) in [5, 5.41) is 15.6. The van der Waals surface area contributed by atoms with E-state index in [1.165, 1.54) is 21.9 Å². The zero-order valence-electron chi connectivity index (χ0n) is 16.5. The van der Waals surface area contributed by atoms with Crippen molar-refractivity contribution in [1.29, 1.82) is 0 Å². The molecule has 3 aromatic carbocycles. The van der Waals surface area contributed by atoms with Crippen LogP contribution >= 0.6 is 11.3 Å². The Hall–Kier alpha value is -3.37. The number of carboxylic acids is 1. The Balaban J connectivity index is 1.49. The van der Waals surface area contributed by atoms with Crippen LogP contribution in [0, 0.1) is 0 Å². The highest BCUT2D eigenvalue weighted by atomic mass is 32.1. The van der Waals surface area contributed by atoms with Gasteiger partial charge in [0.05, 0.1) is 6.61 Å². The van der Waals surface area contributed by atoms with E-state index in [1.807, 2.05) is 30.3 Å². The summed E-state index contributed by atoms with van der Waals surface area (Å²) in [6.07, 6.45) is 4.33. The van der Waals surface area contributed by atoms with Gasteiger partial charge in [0.25, 0.3) is 0 Å². The smallest absolute Gasteiger partial charge is 0.328 e. The summed E-state index contributed by atoms with van der Waals surface area (Å²) in [4.78, 5) is 10.9. The zero-order valence-corrected chi connectivity index (χ0v) is 17.3. The lowest BCUT2D eigenvalue weighted by atomic mass is 10.0. The molecular weight excluding hydrogens is 392 g/mol. The third-order valence-electron chi connectivity index (χ3n) is 4.93. The van der Waals surface area contributed by atoms with E-state index in [0.717, 1.165) is 30.0 Å². The average Bonchev–Trinajstić information content (AvgIpc) is 3.26. The average molecular weight is 415 g/mol. The summed E-state index contributed by atoms with van der Waals surface area (Å²) in [7, 11) is 0. The predicted octanol–water partition coefficient (Wildman–Crippen LogP) is 6.21. The van der Waals surface area contributed by atoms with E-state index in [0.29, 0.717) is 12.4 Å². The minimum Gasteiger partial charge on any atom is -0.493 e. The second-order valence-electron chi connectivity index (χ2n) is 7.13. The molecule has 3 nitrogen and oxygen atoms in total. The molecule has 0 aliphatic heterocycles. The fourth-order valence-electron chi connectivity index (χ4n) is 3.41. The molecule has 150 valence electrons. The highest BCUT2D eigenvalue weighted by molar-refractivity contribution is 7.07. The van der Waals surface area contributed by atoms with E-state index in [4.69, 9.17) is 9.84 Å². The monoisotopic (exact) mass is 414 g/mol. The fourth-order valence-corrected chi connectivity index (χ4v) is 4.08. The number of ether oxygens (including phenoxy) is 1. The molecule has 0 fully saturated rings. The SMILES string of the molecule is O=C(O)C=Cc1ccc(Cc2ccsc2)cc1OCCc1ccc2ccccc2c1. The van der Waals surface area contributed by atoms with Crippen molar-refractivity contribution in [2.24, 2.45) is 0 Å². The first kappa shape index (κ1) is 19.9. The van der Waals surface area contributed by atoms with E-state index >= 15 is 0 Å². The number of fused-ring (bicyclic) bond motifs is 1. The topological polar surface area (TPSA) is 46.5 Å². The number of carbonyl (C=O) groups is 1. The molecule has 1 N–H and O–H groups in total. The van der Waals surface area contributed by atoms with Gasteiger partial charge in [-0.2, -0.15) is 11.3 Å². The van der Waals surface area contributed by atoms with Gasteiger partial charge in [0.1, 0.15) is 5.75 Å². The molecule has 1 aromatic heterocycles. The van der Waals surface area contributed by atoms with Gasteiger partial charge in [-0.15, -0.1) is 0 Å². The summed E-state index contributed by atoms with van der Waals surface area (Å²) in [6, 6.07) is 22.8. The molecule has 0 radical (unpaired) electrons. The molecule has 30 heavy (non-hydrogen) atoms. The Labute approximate surface area is 179 Å². The van der Waals surface area contributed by atoms with E-state index in [9.17, 15) is 4.79 Å². The fraction of sp³-hybridized carbons (Fsp3) is 0.115. The summed E-state index contributed by atoms with van der Waals surface area (Å²) in [5.74, 6) is -0.263. The number of rotatable bonds is 8. The van der Waals surface area contributed by atoms with Crippen LogP contribution in [0.15, 0.2) is 83.6 Å². The van der Waals surface area contributed by atoms with Gasteiger partial charge in [-0.1, -0.05) is 54.6 Å². The Morgan fingerprint density at radius 3 is 2.57 bits per heavy atom. The molecule has 0 saturated heterocycles. The lowest BCUT2D eigenvalue weighted by molar-refractivity contribution is -0.131. The van der Waals surface area contributed by atoms with Gasteiger partial charge in [0.2, 0.25) is 0 Å². The number of aliphatic carboxylic acids is 1. The Kier molecular flexibility index (Phi) is 6.26. The summed E-state index contributed by atoms with van der Waals surface area (Å²) < 4.78 is 6.10. The highest BCUT2D eigenvalue weighted by Gasteiger charge is 2.06. The third kappa shape index (κ3) is 5.16. The molecule has 1 heterocycles. The maximum atomic E-state index is 10.9. The van der Waals surface area contributed by atoms with Crippen molar-refractivity contribution >= 4 is 34.2 Å². The summed E-state index contributed by atoms with van der Waals surface area (Å²) >= 11 is 1.68. The van der Waals surface area contributed by atoms with Crippen LogP contribution in [-0.2, 0) is 17.6 Å². The minimum absolute atomic E-state index is 0.522. The maximum Gasteiger partial charge on any atom is 0.328 e. The molecule has 4 rings (SSSR count). The molecule has 0 saturated carbocycles. The van der Waals surface area contributed by atoms with Gasteiger partial charge in [0, 0.05) is 18.1 Å². The molecule has 4 heteroatoms. The van der Waals surface area contributed by atoms with Crippen LogP contribution in [0.25, 0.3) is 16.8 Å². The summed E-state index contributed by atoms with van der Waals surface area (Å²) in [5.41, 5.74) is 4.38. The Morgan fingerprint density at radius 1 is 0.933 bits per heavy atom. The number of thiophene rings is 1. The first-order valence-corrected chi connectivity index (χ1v) is 10.8. The molecule has 0 amide bonds. The van der Waals surface area contributed by atoms with Gasteiger partial charge in [-0.25, -0.2) is 4.79 Å². The maximum absolute atomic E-state index is 10.9. The number of hydrogen-bond acceptors (Lipinski definition) is 3. The second-order valence-corrected chi connectivity index (χ2v) is 7.91. The van der Waals surface area contributed by atoms with E-state index < -0.39 is 5.97 Å². The van der Waals surface area contributed by atoms with Crippen molar-refractivity contribution in [1.82, 2.24) is 0 Å². The number of benzene rings is 3. The van der Waals surface area contributed by atoms with Gasteiger partial charge in [0.15, 0.2) is 0 Å². The molecule has 0 atom stereocenters. The second kappa shape index (κ2) is 9.42. The largest absolute Gasteiger partial charge is 0.493 e. The first-order chi connectivity index (χ1) is 14.7. The van der Waals surface area contributed by atoms with E-state index in [2.05, 4.69) is 47.2 Å². The van der Waals surface area contributed by atoms with Crippen LogP contribution in [0.3, 0.4) is 0 Å². The van der Waals surface area contributed by atoms with Crippen molar-refractivity contribution < 1.29 is 14.6 Å². The molecule has 4 aromatic rings. The van der Waals surface area contributed by atoms with Gasteiger partial charge < -0.3 is 9.84 Å². The molecule has 0 bridgehead atoms. The zero-order chi connectivity index (χ0) is 20.8. The van der Waals surface area contributed by atoms with Gasteiger partial charge in [-0.3, -0.25) is 0 Å². The van der Waals surface area contributed by atoms with Crippen molar-refractivity contribution in [3.8, 4) is 5.75 Å². The van der Waals surface area contributed by atoms with Crippen LogP contribution in [0.2, 0.25) is 0 Å². The molecule has 0 aliphatic carbocycles. The number of hydrogen-bond donors (Lipinski definition) is 1. The third-order valence-corrected chi connectivity index (χ3v) is 5.67. The predicted molar refractivity (Wildman–Crippen MR) is 123 cm³/mol. The van der Waals surface area contributed by atoms with Crippen LogP contribution < -0.4 is 4.74 Å².